The SMILES string of the molecule is CCn1c(CN2CCC(CCc3ccccc3)CC2)nc2cc(S(=O)(=O)N3CCOCC3)ccc21. The number of hydrogen-bond donors (Lipinski definition) is 0. The molecule has 35 heavy (non-hydrogen) atoms. The highest BCUT2D eigenvalue weighted by atomic mass is 32.2. The second-order valence-corrected chi connectivity index (χ2v) is 11.6. The van der Waals surface area contributed by atoms with Crippen LogP contribution in [0, 0.1) is 5.92 Å². The summed E-state index contributed by atoms with van der Waals surface area (Å²) in [7, 11) is -3.53. The van der Waals surface area contributed by atoms with E-state index in [-0.39, 0.29) is 0 Å². The molecule has 0 amide bonds. The van der Waals surface area contributed by atoms with Gasteiger partial charge in [-0.05, 0) is 75.4 Å². The number of rotatable bonds is 8. The molecule has 2 fully saturated rings. The van der Waals surface area contributed by atoms with Gasteiger partial charge >= 0.3 is 0 Å². The van der Waals surface area contributed by atoms with Crippen molar-refractivity contribution in [2.45, 2.75) is 50.6 Å². The molecule has 3 aromatic rings. The molecule has 8 heteroatoms. The molecule has 7 nitrogen and oxygen atoms in total. The zero-order valence-corrected chi connectivity index (χ0v) is 21.4. The molecule has 1 aromatic heterocycles. The van der Waals surface area contributed by atoms with Gasteiger partial charge in [-0.2, -0.15) is 4.31 Å². The number of ether oxygens (including phenoxy) is 1. The molecule has 0 spiro atoms. The van der Waals surface area contributed by atoms with E-state index in [1.807, 2.05) is 6.07 Å². The van der Waals surface area contributed by atoms with Crippen LogP contribution in [-0.2, 0) is 34.3 Å². The number of benzene rings is 2. The van der Waals surface area contributed by atoms with E-state index in [9.17, 15) is 8.42 Å². The zero-order valence-electron chi connectivity index (χ0n) is 20.6. The van der Waals surface area contributed by atoms with E-state index in [1.54, 1.807) is 12.1 Å². The van der Waals surface area contributed by atoms with Gasteiger partial charge in [0.05, 0.1) is 35.7 Å². The lowest BCUT2D eigenvalue weighted by atomic mass is 9.90. The maximum Gasteiger partial charge on any atom is 0.243 e. The van der Waals surface area contributed by atoms with Gasteiger partial charge in [-0.15, -0.1) is 0 Å². The van der Waals surface area contributed by atoms with Gasteiger partial charge in [0.1, 0.15) is 5.82 Å². The molecule has 2 aliphatic heterocycles. The van der Waals surface area contributed by atoms with Gasteiger partial charge in [0.2, 0.25) is 10.0 Å². The van der Waals surface area contributed by atoms with E-state index in [2.05, 4.69) is 46.7 Å². The molecule has 0 unspecified atom stereocenters. The van der Waals surface area contributed by atoms with Crippen LogP contribution in [0.4, 0.5) is 0 Å². The summed E-state index contributed by atoms with van der Waals surface area (Å²) in [6.07, 6.45) is 4.86. The highest BCUT2D eigenvalue weighted by Gasteiger charge is 2.27. The average Bonchev–Trinajstić information content (AvgIpc) is 3.25. The number of nitrogens with zero attached hydrogens (tertiary/aromatic N) is 4. The Bertz CT molecular complexity index is 1230. The standard InChI is InChI=1S/C27H36N4O3S/c1-2-31-26-11-10-24(35(32,33)30-16-18-34-19-17-30)20-25(26)28-27(31)21-29-14-12-23(13-15-29)9-8-22-6-4-3-5-7-22/h3-7,10-11,20,23H,2,8-9,12-19,21H2,1H3. The Hall–Kier alpha value is -2.26. The zero-order chi connectivity index (χ0) is 24.3. The van der Waals surface area contributed by atoms with E-state index in [1.165, 1.54) is 29.1 Å². The molecule has 0 radical (unpaired) electrons. The van der Waals surface area contributed by atoms with E-state index >= 15 is 0 Å². The number of likely N-dealkylation sites (tertiary alicyclic amines) is 1. The van der Waals surface area contributed by atoms with Crippen molar-refractivity contribution in [3.05, 3.63) is 59.9 Å². The van der Waals surface area contributed by atoms with E-state index in [0.717, 1.165) is 55.4 Å². The third-order valence-electron chi connectivity index (χ3n) is 7.48. The van der Waals surface area contributed by atoms with Crippen LogP contribution in [-0.4, -0.2) is 66.6 Å². The van der Waals surface area contributed by atoms with E-state index < -0.39 is 10.0 Å². The molecule has 0 atom stereocenters. The molecule has 3 heterocycles. The molecule has 0 saturated carbocycles. The fourth-order valence-corrected chi connectivity index (χ4v) is 6.81. The van der Waals surface area contributed by atoms with Crippen molar-refractivity contribution in [1.82, 2.24) is 18.8 Å². The molecule has 0 aliphatic carbocycles. The number of fused-ring (bicyclic) bond motifs is 1. The van der Waals surface area contributed by atoms with Crippen LogP contribution < -0.4 is 0 Å². The first-order valence-electron chi connectivity index (χ1n) is 12.9. The summed E-state index contributed by atoms with van der Waals surface area (Å²) in [5.41, 5.74) is 3.19. The maximum atomic E-state index is 13.1. The highest BCUT2D eigenvalue weighted by Crippen LogP contribution is 2.26. The third kappa shape index (κ3) is 5.45. The second kappa shape index (κ2) is 10.8. The van der Waals surface area contributed by atoms with Crippen molar-refractivity contribution < 1.29 is 13.2 Å². The lowest BCUT2D eigenvalue weighted by molar-refractivity contribution is 0.0730. The Morgan fingerprint density at radius 3 is 2.46 bits per heavy atom. The smallest absolute Gasteiger partial charge is 0.243 e. The molecule has 0 bridgehead atoms. The summed E-state index contributed by atoms with van der Waals surface area (Å²) in [5, 5.41) is 0. The highest BCUT2D eigenvalue weighted by molar-refractivity contribution is 7.89. The van der Waals surface area contributed by atoms with Crippen LogP contribution in [0.15, 0.2) is 53.4 Å². The van der Waals surface area contributed by atoms with Gasteiger partial charge in [0, 0.05) is 19.6 Å². The van der Waals surface area contributed by atoms with Crippen molar-refractivity contribution in [1.29, 1.82) is 0 Å². The predicted octanol–water partition coefficient (Wildman–Crippen LogP) is 3.92. The summed E-state index contributed by atoms with van der Waals surface area (Å²) in [6.45, 7) is 7.60. The number of piperidine rings is 1. The summed E-state index contributed by atoms with van der Waals surface area (Å²) >= 11 is 0. The van der Waals surface area contributed by atoms with Gasteiger partial charge in [0.15, 0.2) is 0 Å². The summed E-state index contributed by atoms with van der Waals surface area (Å²) < 4.78 is 35.3. The topological polar surface area (TPSA) is 67.7 Å². The number of morpholine rings is 1. The minimum atomic E-state index is -3.53. The largest absolute Gasteiger partial charge is 0.379 e. The fourth-order valence-electron chi connectivity index (χ4n) is 5.38. The number of aryl methyl sites for hydroxylation is 2. The Morgan fingerprint density at radius 2 is 1.74 bits per heavy atom. The third-order valence-corrected chi connectivity index (χ3v) is 9.37. The van der Waals surface area contributed by atoms with Gasteiger partial charge in [-0.1, -0.05) is 30.3 Å². The Morgan fingerprint density at radius 1 is 1.00 bits per heavy atom. The van der Waals surface area contributed by atoms with E-state index in [4.69, 9.17) is 9.72 Å². The minimum absolute atomic E-state index is 0.318. The van der Waals surface area contributed by atoms with Crippen LogP contribution in [0.5, 0.6) is 0 Å². The summed E-state index contributed by atoms with van der Waals surface area (Å²) in [4.78, 5) is 7.72. The van der Waals surface area contributed by atoms with Crippen molar-refractivity contribution in [2.24, 2.45) is 5.92 Å². The van der Waals surface area contributed by atoms with Crippen LogP contribution >= 0.6 is 0 Å². The van der Waals surface area contributed by atoms with Crippen molar-refractivity contribution in [2.75, 3.05) is 39.4 Å². The Kier molecular flexibility index (Phi) is 7.53. The van der Waals surface area contributed by atoms with Gasteiger partial charge in [0.25, 0.3) is 0 Å². The van der Waals surface area contributed by atoms with Crippen molar-refractivity contribution in [3.8, 4) is 0 Å². The Labute approximate surface area is 208 Å². The number of imidazole rings is 1. The lowest BCUT2D eigenvalue weighted by Crippen LogP contribution is -2.40. The maximum absolute atomic E-state index is 13.1. The monoisotopic (exact) mass is 496 g/mol. The molecular weight excluding hydrogens is 460 g/mol. The number of aromatic nitrogens is 2. The molecule has 2 saturated heterocycles. The normalized spacial score (nSPS) is 18.9. The average molecular weight is 497 g/mol. The first-order chi connectivity index (χ1) is 17.0. The summed E-state index contributed by atoms with van der Waals surface area (Å²) in [6, 6.07) is 16.2. The molecule has 5 rings (SSSR count). The predicted molar refractivity (Wildman–Crippen MR) is 138 cm³/mol. The lowest BCUT2D eigenvalue weighted by Gasteiger charge is -2.31. The molecule has 2 aromatic carbocycles. The minimum Gasteiger partial charge on any atom is -0.379 e. The fraction of sp³-hybridized carbons (Fsp3) is 0.519. The first kappa shape index (κ1) is 24.4. The number of sulfonamides is 1. The Balaban J connectivity index is 1.25. The summed E-state index contributed by atoms with van der Waals surface area (Å²) in [5.74, 6) is 1.80. The van der Waals surface area contributed by atoms with Crippen LogP contribution in [0.1, 0.15) is 37.6 Å². The van der Waals surface area contributed by atoms with E-state index in [0.29, 0.717) is 31.2 Å². The quantitative estimate of drug-likeness (QED) is 0.473. The van der Waals surface area contributed by atoms with Gasteiger partial charge in [-0.3, -0.25) is 4.90 Å². The van der Waals surface area contributed by atoms with Crippen LogP contribution in [0.2, 0.25) is 0 Å². The molecule has 0 N–H and O–H groups in total. The van der Waals surface area contributed by atoms with Crippen LogP contribution in [0.25, 0.3) is 11.0 Å². The number of hydrogen-bond acceptors (Lipinski definition) is 5. The molecular formula is C27H36N4O3S. The second-order valence-electron chi connectivity index (χ2n) is 9.68. The van der Waals surface area contributed by atoms with Crippen molar-refractivity contribution in [3.63, 3.8) is 0 Å². The van der Waals surface area contributed by atoms with Crippen molar-refractivity contribution >= 4 is 21.1 Å². The molecule has 2 aliphatic rings. The van der Waals surface area contributed by atoms with Crippen LogP contribution in [0.3, 0.4) is 0 Å². The molecule has 188 valence electrons. The van der Waals surface area contributed by atoms with Gasteiger partial charge < -0.3 is 9.30 Å². The first-order valence-corrected chi connectivity index (χ1v) is 14.3. The van der Waals surface area contributed by atoms with Gasteiger partial charge in [-0.25, -0.2) is 13.4 Å².